The molecule has 0 aromatic heterocycles. The molecule has 0 aliphatic rings. The molecule has 0 heterocycles. The van der Waals surface area contributed by atoms with Crippen LogP contribution in [0.2, 0.25) is 5.02 Å². The van der Waals surface area contributed by atoms with Crippen LogP contribution in [0, 0.1) is 5.82 Å². The van der Waals surface area contributed by atoms with E-state index in [1.54, 1.807) is 13.1 Å². The van der Waals surface area contributed by atoms with Crippen LogP contribution in [0.4, 0.5) is 4.39 Å². The Balaban J connectivity index is 3.14. The van der Waals surface area contributed by atoms with Gasteiger partial charge in [-0.1, -0.05) is 27.5 Å². The Bertz CT molecular complexity index is 291. The van der Waals surface area contributed by atoms with Crippen molar-refractivity contribution in [1.82, 2.24) is 5.32 Å². The first kappa shape index (κ1) is 9.96. The monoisotopic (exact) mass is 251 g/mol. The standard InChI is InChI=1S/C8H8BrClFN/c1-12-4-5-6(9)2-3-7(10)8(5)11/h2-3,12H,4H2,1H3. The summed E-state index contributed by atoms with van der Waals surface area (Å²) in [5.74, 6) is -0.361. The smallest absolute Gasteiger partial charge is 0.147 e. The zero-order valence-corrected chi connectivity index (χ0v) is 8.84. The summed E-state index contributed by atoms with van der Waals surface area (Å²) in [4.78, 5) is 0. The molecule has 0 bridgehead atoms. The number of halogens is 3. The Kier molecular flexibility index (Phi) is 3.50. The van der Waals surface area contributed by atoms with E-state index >= 15 is 0 Å². The Hall–Kier alpha value is -0.120. The van der Waals surface area contributed by atoms with Crippen molar-refractivity contribution in [2.75, 3.05) is 7.05 Å². The summed E-state index contributed by atoms with van der Waals surface area (Å²) in [5.41, 5.74) is 0.560. The largest absolute Gasteiger partial charge is 0.316 e. The lowest BCUT2D eigenvalue weighted by atomic mass is 10.2. The highest BCUT2D eigenvalue weighted by Crippen LogP contribution is 2.25. The summed E-state index contributed by atoms with van der Waals surface area (Å²) < 4.78 is 14.0. The van der Waals surface area contributed by atoms with Gasteiger partial charge in [0.2, 0.25) is 0 Å². The third-order valence-electron chi connectivity index (χ3n) is 1.49. The number of rotatable bonds is 2. The van der Waals surface area contributed by atoms with Gasteiger partial charge in [0.05, 0.1) is 5.02 Å². The molecule has 0 fully saturated rings. The molecule has 1 aromatic carbocycles. The van der Waals surface area contributed by atoms with E-state index < -0.39 is 0 Å². The molecule has 0 radical (unpaired) electrons. The van der Waals surface area contributed by atoms with Gasteiger partial charge in [0.15, 0.2) is 0 Å². The number of hydrogen-bond acceptors (Lipinski definition) is 1. The van der Waals surface area contributed by atoms with Crippen molar-refractivity contribution in [2.45, 2.75) is 6.54 Å². The summed E-state index contributed by atoms with van der Waals surface area (Å²) in [6.45, 7) is 0.465. The molecule has 4 heteroatoms. The van der Waals surface area contributed by atoms with E-state index in [1.807, 2.05) is 0 Å². The van der Waals surface area contributed by atoms with Gasteiger partial charge in [-0.25, -0.2) is 4.39 Å². The van der Waals surface area contributed by atoms with Crippen LogP contribution < -0.4 is 5.32 Å². The van der Waals surface area contributed by atoms with Crippen LogP contribution in [-0.4, -0.2) is 7.05 Å². The van der Waals surface area contributed by atoms with Crippen molar-refractivity contribution in [3.8, 4) is 0 Å². The third kappa shape index (κ3) is 1.97. The number of benzene rings is 1. The zero-order valence-electron chi connectivity index (χ0n) is 6.50. The molecule has 1 rings (SSSR count). The van der Waals surface area contributed by atoms with Crippen molar-refractivity contribution < 1.29 is 4.39 Å². The SMILES string of the molecule is CNCc1c(Br)ccc(Cl)c1F. The summed E-state index contributed by atoms with van der Waals surface area (Å²) >= 11 is 8.84. The van der Waals surface area contributed by atoms with Gasteiger partial charge < -0.3 is 5.32 Å². The summed E-state index contributed by atoms with van der Waals surface area (Å²) in [6, 6.07) is 3.26. The molecule has 1 N–H and O–H groups in total. The Labute approximate surface area is 84.0 Å². The van der Waals surface area contributed by atoms with Crippen LogP contribution in [0.5, 0.6) is 0 Å². The Morgan fingerprint density at radius 2 is 2.25 bits per heavy atom. The maximum atomic E-state index is 13.2. The van der Waals surface area contributed by atoms with Crippen LogP contribution in [0.3, 0.4) is 0 Å². The first-order valence-electron chi connectivity index (χ1n) is 3.43. The first-order chi connectivity index (χ1) is 5.66. The summed E-state index contributed by atoms with van der Waals surface area (Å²) in [7, 11) is 1.76. The maximum absolute atomic E-state index is 13.2. The van der Waals surface area contributed by atoms with E-state index in [1.165, 1.54) is 6.07 Å². The highest BCUT2D eigenvalue weighted by molar-refractivity contribution is 9.10. The van der Waals surface area contributed by atoms with Crippen LogP contribution >= 0.6 is 27.5 Å². The van der Waals surface area contributed by atoms with E-state index in [2.05, 4.69) is 21.2 Å². The average Bonchev–Trinajstić information content (AvgIpc) is 2.06. The molecule has 12 heavy (non-hydrogen) atoms. The number of hydrogen-bond donors (Lipinski definition) is 1. The molecule has 1 aromatic rings. The van der Waals surface area contributed by atoms with Crippen molar-refractivity contribution >= 4 is 27.5 Å². The van der Waals surface area contributed by atoms with E-state index in [9.17, 15) is 4.39 Å². The second-order valence-electron chi connectivity index (χ2n) is 2.35. The Morgan fingerprint density at radius 1 is 1.58 bits per heavy atom. The second kappa shape index (κ2) is 4.21. The van der Waals surface area contributed by atoms with Crippen LogP contribution in [-0.2, 0) is 6.54 Å². The predicted octanol–water partition coefficient (Wildman–Crippen LogP) is 2.96. The molecule has 0 aliphatic heterocycles. The maximum Gasteiger partial charge on any atom is 0.147 e. The quantitative estimate of drug-likeness (QED) is 0.798. The normalized spacial score (nSPS) is 10.3. The molecule has 0 amide bonds. The van der Waals surface area contributed by atoms with Crippen LogP contribution in [0.25, 0.3) is 0 Å². The zero-order chi connectivity index (χ0) is 9.14. The minimum atomic E-state index is -0.361. The lowest BCUT2D eigenvalue weighted by Gasteiger charge is -2.05. The minimum absolute atomic E-state index is 0.156. The van der Waals surface area contributed by atoms with Gasteiger partial charge in [-0.15, -0.1) is 0 Å². The molecule has 0 saturated heterocycles. The highest BCUT2D eigenvalue weighted by atomic mass is 79.9. The van der Waals surface area contributed by atoms with E-state index in [-0.39, 0.29) is 10.8 Å². The van der Waals surface area contributed by atoms with Crippen molar-refractivity contribution in [2.24, 2.45) is 0 Å². The van der Waals surface area contributed by atoms with E-state index in [4.69, 9.17) is 11.6 Å². The molecule has 0 spiro atoms. The number of nitrogens with one attached hydrogen (secondary N) is 1. The molecular weight excluding hydrogens is 244 g/mol. The molecule has 0 aliphatic carbocycles. The van der Waals surface area contributed by atoms with Crippen molar-refractivity contribution in [3.63, 3.8) is 0 Å². The van der Waals surface area contributed by atoms with E-state index in [0.29, 0.717) is 12.1 Å². The van der Waals surface area contributed by atoms with Gasteiger partial charge in [-0.3, -0.25) is 0 Å². The molecule has 0 atom stereocenters. The second-order valence-corrected chi connectivity index (χ2v) is 3.61. The highest BCUT2D eigenvalue weighted by Gasteiger charge is 2.09. The van der Waals surface area contributed by atoms with Gasteiger partial charge in [0.25, 0.3) is 0 Å². The fourth-order valence-electron chi connectivity index (χ4n) is 0.908. The van der Waals surface area contributed by atoms with Gasteiger partial charge >= 0.3 is 0 Å². The topological polar surface area (TPSA) is 12.0 Å². The lowest BCUT2D eigenvalue weighted by molar-refractivity contribution is 0.599. The van der Waals surface area contributed by atoms with Crippen LogP contribution in [0.15, 0.2) is 16.6 Å². The van der Waals surface area contributed by atoms with E-state index in [0.717, 1.165) is 4.47 Å². The van der Waals surface area contributed by atoms with Gasteiger partial charge in [-0.05, 0) is 19.2 Å². The fourth-order valence-corrected chi connectivity index (χ4v) is 1.53. The van der Waals surface area contributed by atoms with Crippen molar-refractivity contribution in [3.05, 3.63) is 33.0 Å². The molecule has 1 nitrogen and oxygen atoms in total. The third-order valence-corrected chi connectivity index (χ3v) is 2.53. The predicted molar refractivity (Wildman–Crippen MR) is 51.9 cm³/mol. The first-order valence-corrected chi connectivity index (χ1v) is 4.61. The van der Waals surface area contributed by atoms with Gasteiger partial charge in [0, 0.05) is 16.6 Å². The fraction of sp³-hybridized carbons (Fsp3) is 0.250. The molecule has 0 unspecified atom stereocenters. The summed E-state index contributed by atoms with van der Waals surface area (Å²) in [6.07, 6.45) is 0. The average molecular weight is 253 g/mol. The lowest BCUT2D eigenvalue weighted by Crippen LogP contribution is -2.07. The van der Waals surface area contributed by atoms with Gasteiger partial charge in [0.1, 0.15) is 5.82 Å². The Morgan fingerprint density at radius 3 is 2.83 bits per heavy atom. The van der Waals surface area contributed by atoms with Gasteiger partial charge in [-0.2, -0.15) is 0 Å². The molecule has 0 saturated carbocycles. The molecule has 66 valence electrons. The van der Waals surface area contributed by atoms with Crippen molar-refractivity contribution in [1.29, 1.82) is 0 Å². The minimum Gasteiger partial charge on any atom is -0.316 e. The summed E-state index contributed by atoms with van der Waals surface area (Å²) in [5, 5.41) is 3.02. The van der Waals surface area contributed by atoms with Crippen LogP contribution in [0.1, 0.15) is 5.56 Å². The molecular formula is C8H8BrClFN.